The molecule has 0 fully saturated rings. The monoisotopic (exact) mass is 232 g/mol. The van der Waals surface area contributed by atoms with Gasteiger partial charge in [0.1, 0.15) is 5.69 Å². The van der Waals surface area contributed by atoms with Crippen molar-refractivity contribution in [2.24, 2.45) is 5.92 Å². The fourth-order valence-electron chi connectivity index (χ4n) is 2.27. The highest BCUT2D eigenvalue weighted by Gasteiger charge is 2.27. The van der Waals surface area contributed by atoms with Crippen LogP contribution < -0.4 is 0 Å². The second kappa shape index (κ2) is 3.76. The Labute approximate surface area is 97.7 Å². The van der Waals surface area contributed by atoms with Gasteiger partial charge in [0.15, 0.2) is 5.76 Å². The zero-order chi connectivity index (χ0) is 11.8. The van der Waals surface area contributed by atoms with Crippen LogP contribution in [0.2, 0.25) is 0 Å². The first-order valence-corrected chi connectivity index (χ1v) is 5.56. The first-order valence-electron chi connectivity index (χ1n) is 5.56. The number of aryl methyl sites for hydroxylation is 1. The van der Waals surface area contributed by atoms with Gasteiger partial charge in [-0.2, -0.15) is 0 Å². The Morgan fingerprint density at radius 3 is 3.18 bits per heavy atom. The van der Waals surface area contributed by atoms with Crippen LogP contribution in [0.3, 0.4) is 0 Å². The fourth-order valence-corrected chi connectivity index (χ4v) is 2.27. The molecular weight excluding hydrogens is 220 g/mol. The van der Waals surface area contributed by atoms with Crippen LogP contribution in [0, 0.1) is 5.92 Å². The van der Waals surface area contributed by atoms with Gasteiger partial charge in [0.2, 0.25) is 0 Å². The predicted octanol–water partition coefficient (Wildman–Crippen LogP) is 1.79. The van der Waals surface area contributed by atoms with Crippen LogP contribution in [-0.4, -0.2) is 20.6 Å². The number of fused-ring (bicyclic) bond motifs is 1. The van der Waals surface area contributed by atoms with Gasteiger partial charge in [-0.25, -0.2) is 4.98 Å². The maximum absolute atomic E-state index is 11.0. The quantitative estimate of drug-likeness (QED) is 0.857. The van der Waals surface area contributed by atoms with Gasteiger partial charge < -0.3 is 14.1 Å². The third-order valence-corrected chi connectivity index (χ3v) is 3.21. The Balaban J connectivity index is 2.00. The van der Waals surface area contributed by atoms with Crippen LogP contribution in [0.1, 0.15) is 12.1 Å². The highest BCUT2D eigenvalue weighted by molar-refractivity contribution is 5.71. The minimum absolute atomic E-state index is 0.312. The third kappa shape index (κ3) is 1.63. The summed E-state index contributed by atoms with van der Waals surface area (Å²) in [5.41, 5.74) is 1.72. The van der Waals surface area contributed by atoms with Gasteiger partial charge in [-0.3, -0.25) is 4.79 Å². The number of imidazole rings is 1. The van der Waals surface area contributed by atoms with Gasteiger partial charge in [0, 0.05) is 18.7 Å². The molecule has 3 heterocycles. The molecule has 1 N–H and O–H groups in total. The van der Waals surface area contributed by atoms with E-state index in [9.17, 15) is 4.79 Å². The van der Waals surface area contributed by atoms with Gasteiger partial charge in [0.05, 0.1) is 18.5 Å². The molecule has 3 rings (SSSR count). The van der Waals surface area contributed by atoms with E-state index in [4.69, 9.17) is 9.52 Å². The smallest absolute Gasteiger partial charge is 0.306 e. The summed E-state index contributed by atoms with van der Waals surface area (Å²) in [7, 11) is 0. The summed E-state index contributed by atoms with van der Waals surface area (Å²) in [4.78, 5) is 15.3. The van der Waals surface area contributed by atoms with Crippen molar-refractivity contribution in [1.82, 2.24) is 9.55 Å². The molecule has 5 heteroatoms. The molecule has 0 amide bonds. The number of carboxylic acid groups (broad SMARTS) is 1. The largest absolute Gasteiger partial charge is 0.481 e. The average molecular weight is 232 g/mol. The minimum Gasteiger partial charge on any atom is -0.481 e. The number of hydrogen-bond acceptors (Lipinski definition) is 3. The Morgan fingerprint density at radius 2 is 2.47 bits per heavy atom. The Bertz CT molecular complexity index is 542. The number of nitrogens with zero attached hydrogens (tertiary/aromatic N) is 2. The SMILES string of the molecule is O=C(O)C1CCn2cnc(-c3ccco3)c2C1. The zero-order valence-corrected chi connectivity index (χ0v) is 9.17. The summed E-state index contributed by atoms with van der Waals surface area (Å²) in [6.07, 6.45) is 4.53. The maximum Gasteiger partial charge on any atom is 0.306 e. The Kier molecular flexibility index (Phi) is 2.24. The summed E-state index contributed by atoms with van der Waals surface area (Å²) in [6, 6.07) is 3.64. The molecule has 0 saturated carbocycles. The topological polar surface area (TPSA) is 68.3 Å². The normalized spacial score (nSPS) is 18.9. The van der Waals surface area contributed by atoms with Crippen molar-refractivity contribution >= 4 is 5.97 Å². The summed E-state index contributed by atoms with van der Waals surface area (Å²) in [5, 5.41) is 9.07. The molecule has 1 unspecified atom stereocenters. The summed E-state index contributed by atoms with van der Waals surface area (Å²) in [6.45, 7) is 0.708. The Hall–Kier alpha value is -2.04. The number of aromatic nitrogens is 2. The van der Waals surface area contributed by atoms with Crippen molar-refractivity contribution in [3.05, 3.63) is 30.4 Å². The van der Waals surface area contributed by atoms with Crippen molar-refractivity contribution in [3.63, 3.8) is 0 Å². The number of rotatable bonds is 2. The molecule has 0 aromatic carbocycles. The molecule has 0 spiro atoms. The van der Waals surface area contributed by atoms with Crippen LogP contribution in [0.4, 0.5) is 0 Å². The van der Waals surface area contributed by atoms with Crippen molar-refractivity contribution in [2.75, 3.05) is 0 Å². The first-order chi connectivity index (χ1) is 8.25. The molecule has 0 aliphatic carbocycles. The van der Waals surface area contributed by atoms with Crippen molar-refractivity contribution in [1.29, 1.82) is 0 Å². The van der Waals surface area contributed by atoms with Gasteiger partial charge in [-0.15, -0.1) is 0 Å². The predicted molar refractivity (Wildman–Crippen MR) is 59.4 cm³/mol. The second-order valence-corrected chi connectivity index (χ2v) is 4.24. The highest BCUT2D eigenvalue weighted by Crippen LogP contribution is 2.29. The average Bonchev–Trinajstić information content (AvgIpc) is 2.96. The molecule has 2 aromatic heterocycles. The van der Waals surface area contributed by atoms with Crippen LogP contribution in [0.25, 0.3) is 11.5 Å². The van der Waals surface area contributed by atoms with Gasteiger partial charge in [-0.1, -0.05) is 0 Å². The second-order valence-electron chi connectivity index (χ2n) is 4.24. The standard InChI is InChI=1S/C12H12N2O3/c15-12(16)8-3-4-14-7-13-11(9(14)6-8)10-2-1-5-17-10/h1-2,5,7-8H,3-4,6H2,(H,15,16). The molecule has 1 atom stereocenters. The van der Waals surface area contributed by atoms with Crippen molar-refractivity contribution in [2.45, 2.75) is 19.4 Å². The van der Waals surface area contributed by atoms with E-state index in [1.807, 2.05) is 10.6 Å². The van der Waals surface area contributed by atoms with E-state index < -0.39 is 5.97 Å². The zero-order valence-electron chi connectivity index (χ0n) is 9.17. The van der Waals surface area contributed by atoms with Crippen molar-refractivity contribution < 1.29 is 14.3 Å². The molecule has 0 bridgehead atoms. The summed E-state index contributed by atoms with van der Waals surface area (Å²) in [5.74, 6) is -0.347. The first kappa shape index (κ1) is 10.1. The third-order valence-electron chi connectivity index (χ3n) is 3.21. The van der Waals surface area contributed by atoms with Crippen LogP contribution in [0.5, 0.6) is 0 Å². The van der Waals surface area contributed by atoms with E-state index in [0.29, 0.717) is 25.1 Å². The number of carboxylic acids is 1. The number of hydrogen-bond donors (Lipinski definition) is 1. The van der Waals surface area contributed by atoms with E-state index >= 15 is 0 Å². The van der Waals surface area contributed by atoms with Crippen molar-refractivity contribution in [3.8, 4) is 11.5 Å². The van der Waals surface area contributed by atoms with E-state index in [-0.39, 0.29) is 5.92 Å². The van der Waals surface area contributed by atoms with Gasteiger partial charge >= 0.3 is 5.97 Å². The molecule has 1 aliphatic rings. The van der Waals surface area contributed by atoms with E-state index in [1.165, 1.54) is 0 Å². The van der Waals surface area contributed by atoms with E-state index in [2.05, 4.69) is 4.98 Å². The lowest BCUT2D eigenvalue weighted by Crippen LogP contribution is -2.25. The number of aliphatic carboxylic acids is 1. The molecule has 0 radical (unpaired) electrons. The lowest BCUT2D eigenvalue weighted by molar-refractivity contribution is -0.142. The fraction of sp³-hybridized carbons (Fsp3) is 0.333. The summed E-state index contributed by atoms with van der Waals surface area (Å²) >= 11 is 0. The maximum atomic E-state index is 11.0. The molecule has 17 heavy (non-hydrogen) atoms. The Morgan fingerprint density at radius 1 is 1.59 bits per heavy atom. The van der Waals surface area contributed by atoms with Gasteiger partial charge in [-0.05, 0) is 18.6 Å². The lowest BCUT2D eigenvalue weighted by atomic mass is 9.95. The molecular formula is C12H12N2O3. The number of carbonyl (C=O) groups is 1. The highest BCUT2D eigenvalue weighted by atomic mass is 16.4. The van der Waals surface area contributed by atoms with Gasteiger partial charge in [0.25, 0.3) is 0 Å². The van der Waals surface area contributed by atoms with Crippen LogP contribution >= 0.6 is 0 Å². The van der Waals surface area contributed by atoms with E-state index in [1.54, 1.807) is 18.7 Å². The summed E-state index contributed by atoms with van der Waals surface area (Å²) < 4.78 is 7.33. The minimum atomic E-state index is -0.733. The molecule has 88 valence electrons. The molecule has 0 saturated heterocycles. The van der Waals surface area contributed by atoms with E-state index in [0.717, 1.165) is 11.4 Å². The molecule has 5 nitrogen and oxygen atoms in total. The molecule has 1 aliphatic heterocycles. The van der Waals surface area contributed by atoms with Crippen LogP contribution in [-0.2, 0) is 17.8 Å². The number of furan rings is 1. The van der Waals surface area contributed by atoms with Crippen LogP contribution in [0.15, 0.2) is 29.1 Å². The molecule has 2 aromatic rings. The lowest BCUT2D eigenvalue weighted by Gasteiger charge is -2.20.